The van der Waals surface area contributed by atoms with Crippen molar-refractivity contribution in [2.75, 3.05) is 0 Å². The number of nitrogens with one attached hydrogen (secondary N) is 1. The summed E-state index contributed by atoms with van der Waals surface area (Å²) in [4.78, 5) is 17.4. The minimum absolute atomic E-state index is 0. The molecule has 0 aliphatic heterocycles. The molecule has 4 nitrogen and oxygen atoms in total. The molecule has 0 saturated heterocycles. The fourth-order valence-corrected chi connectivity index (χ4v) is 1.14. The number of rotatable bonds is 1. The number of para-hydroxylation sites is 1. The van der Waals surface area contributed by atoms with E-state index < -0.39 is 5.97 Å². The number of aromatic amines is 1. The number of H-pyrrole nitrogens is 1. The predicted octanol–water partition coefficient (Wildman–Crippen LogP) is 0.613. The molecule has 1 heterocycles. The molecule has 13 heavy (non-hydrogen) atoms. The van der Waals surface area contributed by atoms with Gasteiger partial charge in [-0.05, 0) is 12.1 Å². The number of carboxylic acid groups (broad SMARTS) is 1. The first-order valence-electron chi connectivity index (χ1n) is 3.44. The molecule has 0 spiro atoms. The first kappa shape index (κ1) is 10.2. The molecular weight excluding hydrogens is 179 g/mol. The molecule has 62 valence electrons. The summed E-state index contributed by atoms with van der Waals surface area (Å²) in [6.45, 7) is 0. The fourth-order valence-electron chi connectivity index (χ4n) is 1.14. The van der Waals surface area contributed by atoms with Gasteiger partial charge in [-0.1, -0.05) is 6.07 Å². The van der Waals surface area contributed by atoms with Crippen molar-refractivity contribution in [2.24, 2.45) is 0 Å². The second-order valence-electron chi connectivity index (χ2n) is 2.41. The van der Waals surface area contributed by atoms with Crippen LogP contribution < -0.4 is 0 Å². The van der Waals surface area contributed by atoms with Crippen molar-refractivity contribution in [3.8, 4) is 0 Å². The van der Waals surface area contributed by atoms with Crippen molar-refractivity contribution in [2.45, 2.75) is 0 Å². The zero-order valence-electron chi connectivity index (χ0n) is 6.11. The van der Waals surface area contributed by atoms with Gasteiger partial charge in [-0.15, -0.1) is 0 Å². The molecule has 2 aromatic rings. The Bertz CT molecular complexity index is 438. The van der Waals surface area contributed by atoms with E-state index in [0.29, 0.717) is 5.52 Å². The van der Waals surface area contributed by atoms with E-state index >= 15 is 0 Å². The summed E-state index contributed by atoms with van der Waals surface area (Å²) >= 11 is 0. The third kappa shape index (κ3) is 1.75. The Hall–Kier alpha value is -0.840. The molecule has 1 aromatic heterocycles. The molecule has 0 saturated carbocycles. The SMILES string of the molecule is O=C(O)c1cccc2[nH]cnc12.[NaH]. The summed E-state index contributed by atoms with van der Waals surface area (Å²) < 4.78 is 0. The normalized spacial score (nSPS) is 9.54. The van der Waals surface area contributed by atoms with Gasteiger partial charge in [0.2, 0.25) is 0 Å². The van der Waals surface area contributed by atoms with Crippen molar-refractivity contribution < 1.29 is 9.90 Å². The van der Waals surface area contributed by atoms with E-state index in [1.54, 1.807) is 12.1 Å². The number of imidazole rings is 1. The van der Waals surface area contributed by atoms with E-state index in [0.717, 1.165) is 5.52 Å². The molecule has 0 atom stereocenters. The summed E-state index contributed by atoms with van der Waals surface area (Å²) in [5.41, 5.74) is 1.48. The van der Waals surface area contributed by atoms with E-state index in [2.05, 4.69) is 9.97 Å². The maximum atomic E-state index is 10.7. The Kier molecular flexibility index (Phi) is 3.08. The number of carboxylic acids is 1. The van der Waals surface area contributed by atoms with Crippen LogP contribution in [-0.2, 0) is 0 Å². The van der Waals surface area contributed by atoms with Gasteiger partial charge in [-0.3, -0.25) is 0 Å². The Morgan fingerprint density at radius 3 is 2.92 bits per heavy atom. The van der Waals surface area contributed by atoms with Crippen LogP contribution in [0.2, 0.25) is 0 Å². The number of hydrogen-bond donors (Lipinski definition) is 2. The zero-order valence-corrected chi connectivity index (χ0v) is 6.11. The molecular formula is C8H7N2NaO2. The third-order valence-electron chi connectivity index (χ3n) is 1.68. The van der Waals surface area contributed by atoms with Crippen LogP contribution in [-0.4, -0.2) is 50.6 Å². The molecule has 0 bridgehead atoms. The summed E-state index contributed by atoms with van der Waals surface area (Å²) in [7, 11) is 0. The number of aromatic nitrogens is 2. The standard InChI is InChI=1S/C8H6N2O2.Na.H/c11-8(12)5-2-1-3-6-7(5)10-4-9-6;;/h1-4H,(H,9,10)(H,11,12);;. The van der Waals surface area contributed by atoms with Gasteiger partial charge in [0.15, 0.2) is 0 Å². The maximum absolute atomic E-state index is 10.7. The number of fused-ring (bicyclic) bond motifs is 1. The summed E-state index contributed by atoms with van der Waals surface area (Å²) in [6, 6.07) is 5.00. The van der Waals surface area contributed by atoms with Gasteiger partial charge in [-0.2, -0.15) is 0 Å². The Morgan fingerprint density at radius 1 is 1.46 bits per heavy atom. The average Bonchev–Trinajstić information content (AvgIpc) is 2.49. The number of carbonyl (C=O) groups is 1. The zero-order chi connectivity index (χ0) is 8.55. The molecule has 1 aromatic carbocycles. The average molecular weight is 186 g/mol. The Labute approximate surface area is 96.3 Å². The summed E-state index contributed by atoms with van der Waals surface area (Å²) in [6.07, 6.45) is 1.48. The number of benzene rings is 1. The van der Waals surface area contributed by atoms with Gasteiger partial charge < -0.3 is 10.1 Å². The van der Waals surface area contributed by atoms with Gasteiger partial charge in [0.1, 0.15) is 5.52 Å². The second-order valence-corrected chi connectivity index (χ2v) is 2.41. The van der Waals surface area contributed by atoms with E-state index in [4.69, 9.17) is 5.11 Å². The summed E-state index contributed by atoms with van der Waals surface area (Å²) in [5, 5.41) is 8.75. The monoisotopic (exact) mass is 186 g/mol. The van der Waals surface area contributed by atoms with Gasteiger partial charge in [0.25, 0.3) is 0 Å². The van der Waals surface area contributed by atoms with Crippen molar-refractivity contribution in [1.82, 2.24) is 9.97 Å². The first-order valence-corrected chi connectivity index (χ1v) is 3.44. The Morgan fingerprint density at radius 2 is 2.23 bits per heavy atom. The Balaban J connectivity index is 0.000000845. The molecule has 0 unspecified atom stereocenters. The van der Waals surface area contributed by atoms with Crippen molar-refractivity contribution in [3.05, 3.63) is 30.1 Å². The third-order valence-corrected chi connectivity index (χ3v) is 1.68. The van der Waals surface area contributed by atoms with Crippen LogP contribution >= 0.6 is 0 Å². The van der Waals surface area contributed by atoms with Crippen LogP contribution in [0.25, 0.3) is 11.0 Å². The van der Waals surface area contributed by atoms with E-state index in [9.17, 15) is 4.79 Å². The fraction of sp³-hybridized carbons (Fsp3) is 0. The van der Waals surface area contributed by atoms with Gasteiger partial charge >= 0.3 is 35.5 Å². The first-order chi connectivity index (χ1) is 5.79. The van der Waals surface area contributed by atoms with E-state index in [1.165, 1.54) is 12.4 Å². The van der Waals surface area contributed by atoms with Crippen LogP contribution in [0.4, 0.5) is 0 Å². The quantitative estimate of drug-likeness (QED) is 0.641. The van der Waals surface area contributed by atoms with E-state index in [1.807, 2.05) is 0 Å². The van der Waals surface area contributed by atoms with Gasteiger partial charge in [0.05, 0.1) is 17.4 Å². The van der Waals surface area contributed by atoms with Gasteiger partial charge in [0, 0.05) is 0 Å². The van der Waals surface area contributed by atoms with E-state index in [-0.39, 0.29) is 35.1 Å². The van der Waals surface area contributed by atoms with Crippen LogP contribution in [0.3, 0.4) is 0 Å². The number of nitrogens with zero attached hydrogens (tertiary/aromatic N) is 1. The van der Waals surface area contributed by atoms with Gasteiger partial charge in [-0.25, -0.2) is 9.78 Å². The van der Waals surface area contributed by atoms with Crippen molar-refractivity contribution in [3.63, 3.8) is 0 Å². The molecule has 0 radical (unpaired) electrons. The van der Waals surface area contributed by atoms with Crippen LogP contribution in [0, 0.1) is 0 Å². The number of hydrogen-bond acceptors (Lipinski definition) is 2. The van der Waals surface area contributed by atoms with Crippen LogP contribution in [0.1, 0.15) is 10.4 Å². The molecule has 0 fully saturated rings. The predicted molar refractivity (Wildman–Crippen MR) is 50.2 cm³/mol. The molecule has 5 heteroatoms. The topological polar surface area (TPSA) is 66.0 Å². The van der Waals surface area contributed by atoms with Crippen LogP contribution in [0.15, 0.2) is 24.5 Å². The molecule has 0 aliphatic carbocycles. The molecule has 2 rings (SSSR count). The minimum atomic E-state index is -0.951. The number of aromatic carboxylic acids is 1. The van der Waals surface area contributed by atoms with Crippen molar-refractivity contribution >= 4 is 46.6 Å². The van der Waals surface area contributed by atoms with Crippen LogP contribution in [0.5, 0.6) is 0 Å². The molecule has 0 amide bonds. The molecule has 2 N–H and O–H groups in total. The summed E-state index contributed by atoms with van der Waals surface area (Å²) in [5.74, 6) is -0.951. The second kappa shape index (κ2) is 3.91. The van der Waals surface area contributed by atoms with Crippen molar-refractivity contribution in [1.29, 1.82) is 0 Å². The molecule has 0 aliphatic rings.